The molecule has 0 saturated heterocycles. The van der Waals surface area contributed by atoms with Crippen molar-refractivity contribution in [1.29, 1.82) is 5.26 Å². The van der Waals surface area contributed by atoms with Crippen LogP contribution in [0.3, 0.4) is 0 Å². The third-order valence-corrected chi connectivity index (χ3v) is 3.48. The van der Waals surface area contributed by atoms with E-state index in [4.69, 9.17) is 9.68 Å². The van der Waals surface area contributed by atoms with Crippen molar-refractivity contribution in [3.8, 4) is 6.07 Å². The predicted molar refractivity (Wildman–Crippen MR) is 91.0 cm³/mol. The Kier molecular flexibility index (Phi) is 5.69. The summed E-state index contributed by atoms with van der Waals surface area (Å²) < 4.78 is 5.30. The fourth-order valence-electron chi connectivity index (χ4n) is 2.09. The van der Waals surface area contributed by atoms with Gasteiger partial charge in [0, 0.05) is 5.69 Å². The maximum atomic E-state index is 12.1. The van der Waals surface area contributed by atoms with E-state index >= 15 is 0 Å². The largest absolute Gasteiger partial charge is 0.462 e. The van der Waals surface area contributed by atoms with E-state index in [-0.39, 0.29) is 0 Å². The first kappa shape index (κ1) is 17.2. The van der Waals surface area contributed by atoms with Gasteiger partial charge in [-0.25, -0.2) is 0 Å². The molecule has 5 nitrogen and oxygen atoms in total. The maximum Gasteiger partial charge on any atom is 0.249 e. The second-order valence-corrected chi connectivity index (χ2v) is 5.29. The third kappa shape index (κ3) is 4.43. The highest BCUT2D eigenvalue weighted by atomic mass is 16.3. The average Bonchev–Trinajstić information content (AvgIpc) is 3.00. The van der Waals surface area contributed by atoms with Gasteiger partial charge in [-0.05, 0) is 55.3 Å². The summed E-state index contributed by atoms with van der Waals surface area (Å²) in [7, 11) is 0. The lowest BCUT2D eigenvalue weighted by atomic mass is 10.0. The van der Waals surface area contributed by atoms with Gasteiger partial charge in [0.25, 0.3) is 0 Å². The van der Waals surface area contributed by atoms with Crippen molar-refractivity contribution in [3.63, 3.8) is 0 Å². The molecule has 0 aliphatic rings. The van der Waals surface area contributed by atoms with Gasteiger partial charge < -0.3 is 9.73 Å². The number of amides is 1. The maximum absolute atomic E-state index is 12.1. The highest BCUT2D eigenvalue weighted by Gasteiger charge is 2.24. The van der Waals surface area contributed by atoms with Crippen LogP contribution >= 0.6 is 0 Å². The number of aryl methyl sites for hydroxylation is 2. The Morgan fingerprint density at radius 1 is 1.25 bits per heavy atom. The third-order valence-electron chi connectivity index (χ3n) is 3.48. The van der Waals surface area contributed by atoms with Crippen molar-refractivity contribution in [2.75, 3.05) is 5.32 Å². The zero-order valence-electron chi connectivity index (χ0n) is 13.6. The lowest BCUT2D eigenvalue weighted by molar-refractivity contribution is -0.126. The summed E-state index contributed by atoms with van der Waals surface area (Å²) >= 11 is 0. The summed E-state index contributed by atoms with van der Waals surface area (Å²) in [6, 6.07) is 12.5. The fourth-order valence-corrected chi connectivity index (χ4v) is 2.09. The number of carbonyl (C=O) groups is 2. The molecule has 1 unspecified atom stereocenters. The topological polar surface area (TPSA) is 83.1 Å². The highest BCUT2D eigenvalue weighted by Crippen LogP contribution is 2.13. The van der Waals surface area contributed by atoms with E-state index in [0.717, 1.165) is 12.0 Å². The van der Waals surface area contributed by atoms with E-state index in [1.165, 1.54) is 12.2 Å². The molecule has 0 aliphatic heterocycles. The predicted octanol–water partition coefficient (Wildman–Crippen LogP) is 3.51. The Morgan fingerprint density at radius 2 is 1.96 bits per heavy atom. The molecule has 0 saturated carbocycles. The van der Waals surface area contributed by atoms with E-state index in [1.54, 1.807) is 37.3 Å². The molecule has 122 valence electrons. The van der Waals surface area contributed by atoms with Gasteiger partial charge in [0.05, 0.1) is 6.07 Å². The van der Waals surface area contributed by atoms with E-state index in [2.05, 4.69) is 5.32 Å². The number of nitriles is 1. The van der Waals surface area contributed by atoms with Gasteiger partial charge >= 0.3 is 0 Å². The minimum Gasteiger partial charge on any atom is -0.462 e. The van der Waals surface area contributed by atoms with E-state index < -0.39 is 17.6 Å². The summed E-state index contributed by atoms with van der Waals surface area (Å²) in [6.07, 6.45) is 3.53. The first-order valence-corrected chi connectivity index (χ1v) is 7.61. The zero-order chi connectivity index (χ0) is 17.5. The molecule has 2 rings (SSSR count). The van der Waals surface area contributed by atoms with Crippen LogP contribution in [0.15, 0.2) is 46.9 Å². The van der Waals surface area contributed by atoms with Gasteiger partial charge in [-0.3, -0.25) is 9.59 Å². The highest BCUT2D eigenvalue weighted by molar-refractivity contribution is 6.14. The summed E-state index contributed by atoms with van der Waals surface area (Å²) in [5.41, 5.74) is 1.69. The summed E-state index contributed by atoms with van der Waals surface area (Å²) in [5.74, 6) is -1.43. The molecule has 1 aromatic heterocycles. The zero-order valence-corrected chi connectivity index (χ0v) is 13.6. The van der Waals surface area contributed by atoms with Gasteiger partial charge in [-0.15, -0.1) is 0 Å². The Hall–Kier alpha value is -3.13. The molecule has 1 aromatic carbocycles. The van der Waals surface area contributed by atoms with Crippen LogP contribution in [0.25, 0.3) is 6.08 Å². The lowest BCUT2D eigenvalue weighted by Crippen LogP contribution is -2.27. The molecule has 0 fully saturated rings. The van der Waals surface area contributed by atoms with Crippen molar-refractivity contribution < 1.29 is 14.0 Å². The van der Waals surface area contributed by atoms with Crippen molar-refractivity contribution in [1.82, 2.24) is 0 Å². The fraction of sp³-hybridized carbons (Fsp3) is 0.211. The minimum atomic E-state index is -1.40. The van der Waals surface area contributed by atoms with Crippen molar-refractivity contribution >= 4 is 23.5 Å². The number of furan rings is 1. The van der Waals surface area contributed by atoms with Gasteiger partial charge in [-0.2, -0.15) is 5.26 Å². The molecule has 5 heteroatoms. The Morgan fingerprint density at radius 3 is 2.50 bits per heavy atom. The Bertz CT molecular complexity index is 795. The molecule has 1 amide bonds. The molecule has 0 aliphatic carbocycles. The van der Waals surface area contributed by atoms with Crippen molar-refractivity contribution in [2.24, 2.45) is 5.92 Å². The molecule has 0 radical (unpaired) electrons. The SMILES string of the molecule is CCc1ccc(NC(=O)C(C#N)C(=O)/C=C/c2ccc(C)o2)cc1. The second-order valence-electron chi connectivity index (χ2n) is 5.29. The van der Waals surface area contributed by atoms with Crippen LogP contribution in [0.2, 0.25) is 0 Å². The van der Waals surface area contributed by atoms with Crippen LogP contribution in [0.4, 0.5) is 5.69 Å². The van der Waals surface area contributed by atoms with Crippen LogP contribution in [0.5, 0.6) is 0 Å². The minimum absolute atomic E-state index is 0.494. The van der Waals surface area contributed by atoms with Gasteiger partial charge in [0.2, 0.25) is 5.91 Å². The van der Waals surface area contributed by atoms with E-state index in [9.17, 15) is 9.59 Å². The lowest BCUT2D eigenvalue weighted by Gasteiger charge is -2.08. The van der Waals surface area contributed by atoms with Crippen LogP contribution in [-0.2, 0) is 16.0 Å². The summed E-state index contributed by atoms with van der Waals surface area (Å²) in [5, 5.41) is 11.7. The number of benzene rings is 1. The van der Waals surface area contributed by atoms with E-state index in [0.29, 0.717) is 17.2 Å². The van der Waals surface area contributed by atoms with Gasteiger partial charge in [0.1, 0.15) is 11.5 Å². The molecular weight excluding hydrogens is 304 g/mol. The van der Waals surface area contributed by atoms with Crippen molar-refractivity contribution in [3.05, 3.63) is 59.6 Å². The number of nitrogens with one attached hydrogen (secondary N) is 1. The molecule has 24 heavy (non-hydrogen) atoms. The summed E-state index contributed by atoms with van der Waals surface area (Å²) in [4.78, 5) is 24.2. The molecule has 2 aromatic rings. The standard InChI is InChI=1S/C19H18N2O3/c1-3-14-5-7-15(8-6-14)21-19(23)17(12-20)18(22)11-10-16-9-4-13(2)24-16/h4-11,17H,3H2,1-2H3,(H,21,23)/b11-10+. The van der Waals surface area contributed by atoms with Crippen LogP contribution in [0, 0.1) is 24.2 Å². The number of anilines is 1. The van der Waals surface area contributed by atoms with Crippen LogP contribution in [-0.4, -0.2) is 11.7 Å². The number of rotatable bonds is 6. The monoisotopic (exact) mass is 322 g/mol. The number of hydrogen-bond acceptors (Lipinski definition) is 4. The van der Waals surface area contributed by atoms with Gasteiger partial charge in [-0.1, -0.05) is 19.1 Å². The molecule has 0 spiro atoms. The quantitative estimate of drug-likeness (QED) is 0.651. The van der Waals surface area contributed by atoms with Gasteiger partial charge in [0.15, 0.2) is 11.7 Å². The molecule has 1 atom stereocenters. The van der Waals surface area contributed by atoms with E-state index in [1.807, 2.05) is 19.1 Å². The second kappa shape index (κ2) is 7.93. The molecular formula is C19H18N2O3. The smallest absolute Gasteiger partial charge is 0.249 e. The Labute approximate surface area is 140 Å². The number of hydrogen-bond donors (Lipinski definition) is 1. The first-order chi connectivity index (χ1) is 11.5. The van der Waals surface area contributed by atoms with Crippen LogP contribution in [0.1, 0.15) is 24.0 Å². The number of carbonyl (C=O) groups excluding carboxylic acids is 2. The van der Waals surface area contributed by atoms with Crippen LogP contribution < -0.4 is 5.32 Å². The normalized spacial score (nSPS) is 11.9. The number of ketones is 1. The van der Waals surface area contributed by atoms with Crippen molar-refractivity contribution in [2.45, 2.75) is 20.3 Å². The summed E-state index contributed by atoms with van der Waals surface area (Å²) in [6.45, 7) is 3.82. The molecule has 1 heterocycles. The molecule has 1 N–H and O–H groups in total. The average molecular weight is 322 g/mol. The Balaban J connectivity index is 2.03. The first-order valence-electron chi connectivity index (χ1n) is 7.61. The number of allylic oxidation sites excluding steroid dienone is 1. The molecule has 0 bridgehead atoms. The number of nitrogens with zero attached hydrogens (tertiary/aromatic N) is 1.